The molecule has 0 aliphatic heterocycles. The highest BCUT2D eigenvalue weighted by Crippen LogP contribution is 2.22. The zero-order valence-electron chi connectivity index (χ0n) is 19.6. The van der Waals surface area contributed by atoms with E-state index in [1.165, 1.54) is 16.4 Å². The monoisotopic (exact) mass is 498 g/mol. The summed E-state index contributed by atoms with van der Waals surface area (Å²) >= 11 is 1.65. The van der Waals surface area contributed by atoms with Gasteiger partial charge in [0.1, 0.15) is 5.75 Å². The fourth-order valence-corrected chi connectivity index (χ4v) is 5.25. The second-order valence-electron chi connectivity index (χ2n) is 7.73. The van der Waals surface area contributed by atoms with Crippen LogP contribution in [0.4, 0.5) is 0 Å². The van der Waals surface area contributed by atoms with Crippen molar-refractivity contribution in [3.63, 3.8) is 0 Å². The summed E-state index contributed by atoms with van der Waals surface area (Å²) in [5.41, 5.74) is 1.75. The Hall–Kier alpha value is -2.81. The van der Waals surface area contributed by atoms with Gasteiger partial charge in [0.15, 0.2) is 0 Å². The lowest BCUT2D eigenvalue weighted by molar-refractivity contribution is -0.122. The predicted octanol–water partition coefficient (Wildman–Crippen LogP) is 4.88. The number of benzene rings is 3. The molecular formula is C26H30N2O4S2. The molecule has 0 saturated heterocycles. The summed E-state index contributed by atoms with van der Waals surface area (Å²) in [5.74, 6) is 0.224. The molecule has 180 valence electrons. The fraction of sp³-hybridized carbons (Fsp3) is 0.269. The number of carbonyl (C=O) groups excluding carboxylic acids is 1. The van der Waals surface area contributed by atoms with Crippen LogP contribution in [-0.4, -0.2) is 38.0 Å². The van der Waals surface area contributed by atoms with Crippen LogP contribution in [-0.2, 0) is 21.4 Å². The number of hydrogen-bond acceptors (Lipinski definition) is 5. The third-order valence-electron chi connectivity index (χ3n) is 5.29. The fourth-order valence-electron chi connectivity index (χ4n) is 3.46. The maximum absolute atomic E-state index is 13.5. The minimum absolute atomic E-state index is 0.0839. The Morgan fingerprint density at radius 2 is 1.65 bits per heavy atom. The van der Waals surface area contributed by atoms with Crippen LogP contribution in [0.25, 0.3) is 0 Å². The summed E-state index contributed by atoms with van der Waals surface area (Å²) in [7, 11) is -3.92. The summed E-state index contributed by atoms with van der Waals surface area (Å²) in [4.78, 5) is 14.2. The molecular weight excluding hydrogens is 468 g/mol. The minimum atomic E-state index is -3.92. The Kier molecular flexibility index (Phi) is 9.15. The number of carbonyl (C=O) groups is 1. The smallest absolute Gasteiger partial charge is 0.243 e. The van der Waals surface area contributed by atoms with Crippen LogP contribution in [0.1, 0.15) is 31.0 Å². The van der Waals surface area contributed by atoms with E-state index in [0.29, 0.717) is 12.4 Å². The van der Waals surface area contributed by atoms with Crippen LogP contribution in [0.15, 0.2) is 88.7 Å². The molecule has 0 saturated carbocycles. The number of ether oxygens (including phenoxy) is 1. The van der Waals surface area contributed by atoms with Crippen molar-refractivity contribution in [3.05, 3.63) is 90.0 Å². The first-order valence-corrected chi connectivity index (χ1v) is 13.7. The molecule has 0 heterocycles. The Morgan fingerprint density at radius 3 is 2.24 bits per heavy atom. The highest BCUT2D eigenvalue weighted by Gasteiger charge is 2.27. The van der Waals surface area contributed by atoms with E-state index in [9.17, 15) is 13.2 Å². The van der Waals surface area contributed by atoms with Crippen LogP contribution >= 0.6 is 11.8 Å². The summed E-state index contributed by atoms with van der Waals surface area (Å²) in [5, 5.41) is 2.93. The van der Waals surface area contributed by atoms with Gasteiger partial charge in [-0.25, -0.2) is 8.42 Å². The minimum Gasteiger partial charge on any atom is -0.494 e. The van der Waals surface area contributed by atoms with E-state index in [1.807, 2.05) is 74.7 Å². The third-order valence-corrected chi connectivity index (χ3v) is 7.84. The maximum atomic E-state index is 13.5. The highest BCUT2D eigenvalue weighted by molar-refractivity contribution is 7.98. The van der Waals surface area contributed by atoms with Gasteiger partial charge in [-0.3, -0.25) is 4.79 Å². The molecule has 1 atom stereocenters. The average molecular weight is 499 g/mol. The van der Waals surface area contributed by atoms with Gasteiger partial charge >= 0.3 is 0 Å². The molecule has 8 heteroatoms. The van der Waals surface area contributed by atoms with E-state index >= 15 is 0 Å². The molecule has 3 rings (SSSR count). The molecule has 0 fully saturated rings. The van der Waals surface area contributed by atoms with E-state index in [4.69, 9.17) is 4.74 Å². The van der Waals surface area contributed by atoms with E-state index < -0.39 is 10.0 Å². The standard InChI is InChI=1S/C26H30N2O4S2/c1-4-32-23-12-16-25(17-13-23)34(30,31)28(18-21-8-6-5-7-9-21)19-26(29)27-20(2)22-10-14-24(33-3)15-11-22/h5-17,20H,4,18-19H2,1-3H3,(H,27,29)/t20-/m1/s1. The van der Waals surface area contributed by atoms with Crippen molar-refractivity contribution in [3.8, 4) is 5.75 Å². The van der Waals surface area contributed by atoms with Crippen molar-refractivity contribution in [2.45, 2.75) is 36.2 Å². The first-order valence-electron chi connectivity index (χ1n) is 11.0. The quantitative estimate of drug-likeness (QED) is 0.382. The van der Waals surface area contributed by atoms with Gasteiger partial charge in [-0.15, -0.1) is 11.8 Å². The molecule has 0 aliphatic carbocycles. The molecule has 0 bridgehead atoms. The molecule has 1 N–H and O–H groups in total. The second kappa shape index (κ2) is 12.1. The molecule has 1 amide bonds. The first-order chi connectivity index (χ1) is 16.3. The molecule has 0 radical (unpaired) electrons. The topological polar surface area (TPSA) is 75.7 Å². The Labute approximate surface area is 206 Å². The maximum Gasteiger partial charge on any atom is 0.243 e. The van der Waals surface area contributed by atoms with Gasteiger partial charge in [-0.2, -0.15) is 4.31 Å². The van der Waals surface area contributed by atoms with Crippen molar-refractivity contribution < 1.29 is 17.9 Å². The Balaban J connectivity index is 1.79. The molecule has 3 aromatic carbocycles. The van der Waals surface area contributed by atoms with Crippen LogP contribution in [0.2, 0.25) is 0 Å². The molecule has 0 aromatic heterocycles. The number of amides is 1. The summed E-state index contributed by atoms with van der Waals surface area (Å²) in [6.45, 7) is 4.03. The zero-order valence-corrected chi connectivity index (χ0v) is 21.2. The van der Waals surface area contributed by atoms with Gasteiger partial charge in [0, 0.05) is 11.4 Å². The van der Waals surface area contributed by atoms with Gasteiger partial charge in [0.05, 0.1) is 24.1 Å². The lowest BCUT2D eigenvalue weighted by Gasteiger charge is -2.23. The van der Waals surface area contributed by atoms with Crippen molar-refractivity contribution in [1.82, 2.24) is 9.62 Å². The van der Waals surface area contributed by atoms with E-state index in [0.717, 1.165) is 16.0 Å². The number of sulfonamides is 1. The van der Waals surface area contributed by atoms with Gasteiger partial charge in [0.2, 0.25) is 15.9 Å². The zero-order chi connectivity index (χ0) is 24.6. The molecule has 34 heavy (non-hydrogen) atoms. The van der Waals surface area contributed by atoms with E-state index in [-0.39, 0.29) is 29.9 Å². The molecule has 0 unspecified atom stereocenters. The van der Waals surface area contributed by atoms with Crippen molar-refractivity contribution in [2.24, 2.45) is 0 Å². The molecule has 0 spiro atoms. The lowest BCUT2D eigenvalue weighted by Crippen LogP contribution is -2.41. The predicted molar refractivity (Wildman–Crippen MR) is 136 cm³/mol. The molecule has 3 aromatic rings. The van der Waals surface area contributed by atoms with E-state index in [2.05, 4.69) is 5.32 Å². The first kappa shape index (κ1) is 25.8. The number of hydrogen-bond donors (Lipinski definition) is 1. The molecule has 0 aliphatic rings. The SMILES string of the molecule is CCOc1ccc(S(=O)(=O)N(CC(=O)N[C@H](C)c2ccc(SC)cc2)Cc2ccccc2)cc1. The summed E-state index contributed by atoms with van der Waals surface area (Å²) in [6, 6.07) is 23.2. The summed E-state index contributed by atoms with van der Waals surface area (Å²) < 4.78 is 33.6. The Morgan fingerprint density at radius 1 is 1.00 bits per heavy atom. The van der Waals surface area contributed by atoms with Gasteiger partial charge in [-0.1, -0.05) is 42.5 Å². The van der Waals surface area contributed by atoms with Crippen molar-refractivity contribution in [2.75, 3.05) is 19.4 Å². The van der Waals surface area contributed by atoms with Gasteiger partial charge in [0.25, 0.3) is 0 Å². The van der Waals surface area contributed by atoms with Crippen LogP contribution in [0.3, 0.4) is 0 Å². The summed E-state index contributed by atoms with van der Waals surface area (Å²) in [6.07, 6.45) is 2.01. The average Bonchev–Trinajstić information content (AvgIpc) is 2.85. The van der Waals surface area contributed by atoms with Crippen LogP contribution in [0, 0.1) is 0 Å². The van der Waals surface area contributed by atoms with Crippen molar-refractivity contribution >= 4 is 27.7 Å². The number of rotatable bonds is 11. The highest BCUT2D eigenvalue weighted by atomic mass is 32.2. The second-order valence-corrected chi connectivity index (χ2v) is 10.5. The normalized spacial score (nSPS) is 12.4. The van der Waals surface area contributed by atoms with Gasteiger partial charge in [-0.05, 0) is 67.6 Å². The van der Waals surface area contributed by atoms with Crippen LogP contribution < -0.4 is 10.1 Å². The third kappa shape index (κ3) is 6.85. The van der Waals surface area contributed by atoms with Gasteiger partial charge < -0.3 is 10.1 Å². The number of thioether (sulfide) groups is 1. The lowest BCUT2D eigenvalue weighted by atomic mass is 10.1. The largest absolute Gasteiger partial charge is 0.494 e. The number of nitrogens with zero attached hydrogens (tertiary/aromatic N) is 1. The van der Waals surface area contributed by atoms with Crippen LogP contribution in [0.5, 0.6) is 5.75 Å². The molecule has 6 nitrogen and oxygen atoms in total. The van der Waals surface area contributed by atoms with Crippen molar-refractivity contribution in [1.29, 1.82) is 0 Å². The number of nitrogens with one attached hydrogen (secondary N) is 1. The Bertz CT molecular complexity index is 1170. The van der Waals surface area contributed by atoms with E-state index in [1.54, 1.807) is 23.9 Å².